The van der Waals surface area contributed by atoms with E-state index < -0.39 is 0 Å². The summed E-state index contributed by atoms with van der Waals surface area (Å²) in [7, 11) is 3.52. The van der Waals surface area contributed by atoms with Gasteiger partial charge in [-0.05, 0) is 67.6 Å². The van der Waals surface area contributed by atoms with Crippen molar-refractivity contribution in [2.24, 2.45) is 0 Å². The number of hydrogen-bond acceptors (Lipinski definition) is 4. The van der Waals surface area contributed by atoms with E-state index >= 15 is 0 Å². The molecule has 2 aromatic rings. The van der Waals surface area contributed by atoms with Crippen molar-refractivity contribution in [1.82, 2.24) is 10.2 Å². The maximum absolute atomic E-state index is 13.0. The number of amides is 1. The maximum atomic E-state index is 13.0. The van der Waals surface area contributed by atoms with Gasteiger partial charge in [0.15, 0.2) is 0 Å². The summed E-state index contributed by atoms with van der Waals surface area (Å²) >= 11 is 12.2. The zero-order valence-electron chi connectivity index (χ0n) is 20.5. The molecule has 2 aromatic carbocycles. The fourth-order valence-electron chi connectivity index (χ4n) is 6.09. The van der Waals surface area contributed by atoms with Crippen LogP contribution in [0.4, 0.5) is 0 Å². The smallest absolute Gasteiger partial charge is 0.224 e. The average molecular weight is 517 g/mol. The van der Waals surface area contributed by atoms with Crippen LogP contribution >= 0.6 is 23.2 Å². The molecule has 1 aliphatic carbocycles. The number of methoxy groups -OCH3 is 2. The number of halogens is 2. The molecule has 7 heteroatoms. The number of nitrogens with one attached hydrogen (secondary N) is 1. The molecule has 0 aromatic heterocycles. The topological polar surface area (TPSA) is 50.8 Å². The number of ether oxygens (including phenoxy) is 2. The van der Waals surface area contributed by atoms with E-state index in [1.54, 1.807) is 19.2 Å². The van der Waals surface area contributed by atoms with Crippen LogP contribution in [-0.2, 0) is 21.4 Å². The molecule has 2 unspecified atom stereocenters. The number of nitrogens with zero attached hydrogens (tertiary/aromatic N) is 1. The van der Waals surface area contributed by atoms with Crippen molar-refractivity contribution in [1.29, 1.82) is 0 Å². The van der Waals surface area contributed by atoms with E-state index in [1.165, 1.54) is 5.56 Å². The number of likely N-dealkylation sites (tertiary alicyclic amines) is 1. The second-order valence-corrected chi connectivity index (χ2v) is 10.5. The monoisotopic (exact) mass is 516 g/mol. The van der Waals surface area contributed by atoms with Crippen LogP contribution in [0.2, 0.25) is 10.0 Å². The lowest BCUT2D eigenvalue weighted by atomic mass is 9.55. The summed E-state index contributed by atoms with van der Waals surface area (Å²) in [6, 6.07) is 13.7. The molecule has 188 valence electrons. The molecular weight excluding hydrogens is 483 g/mol. The second kappa shape index (κ2) is 10.9. The van der Waals surface area contributed by atoms with Gasteiger partial charge in [0.25, 0.3) is 0 Å². The number of piperidine rings is 1. The summed E-state index contributed by atoms with van der Waals surface area (Å²) in [6.07, 6.45) is 5.67. The zero-order chi connectivity index (χ0) is 25.1. The van der Waals surface area contributed by atoms with E-state index in [2.05, 4.69) is 28.9 Å². The molecule has 35 heavy (non-hydrogen) atoms. The Morgan fingerprint density at radius 3 is 2.74 bits per heavy atom. The van der Waals surface area contributed by atoms with Crippen molar-refractivity contribution in [3.63, 3.8) is 0 Å². The summed E-state index contributed by atoms with van der Waals surface area (Å²) in [5, 5.41) is 4.25. The molecule has 0 spiro atoms. The number of fused-ring (bicyclic) bond motifs is 1. The van der Waals surface area contributed by atoms with Crippen LogP contribution in [0.1, 0.15) is 36.8 Å². The van der Waals surface area contributed by atoms with Crippen molar-refractivity contribution >= 4 is 29.1 Å². The Balaban J connectivity index is 1.60. The Hall–Kier alpha value is -2.05. The summed E-state index contributed by atoms with van der Waals surface area (Å²) < 4.78 is 12.0. The van der Waals surface area contributed by atoms with E-state index in [0.29, 0.717) is 10.0 Å². The number of carbonyl (C=O) groups is 1. The lowest BCUT2D eigenvalue weighted by molar-refractivity contribution is -0.149. The van der Waals surface area contributed by atoms with Gasteiger partial charge in [0.2, 0.25) is 5.91 Å². The van der Waals surface area contributed by atoms with Gasteiger partial charge in [0.05, 0.1) is 29.2 Å². The highest BCUT2D eigenvalue weighted by molar-refractivity contribution is 6.42. The number of hydrogen-bond donors (Lipinski definition) is 1. The van der Waals surface area contributed by atoms with Crippen molar-refractivity contribution in [2.45, 2.75) is 49.2 Å². The first kappa shape index (κ1) is 26.0. The van der Waals surface area contributed by atoms with Crippen LogP contribution < -0.4 is 10.1 Å². The largest absolute Gasteiger partial charge is 0.497 e. The standard InChI is InChI=1S/C28H34Cl2N2O3/c1-4-13-32-14-12-27(21-6-5-7-23(17-21)34-2)18-22(10-11-28(27,19-32)35-3)31-26(33)16-20-8-9-24(29)25(30)15-20/h4-9,15,17,22H,1,10-14,16,18-19H2,2-3H3,(H,31,33)/t22-,27?,28?/m0/s1. The van der Waals surface area contributed by atoms with Crippen molar-refractivity contribution in [3.8, 4) is 5.75 Å². The van der Waals surface area contributed by atoms with Gasteiger partial charge in [0, 0.05) is 31.7 Å². The number of benzene rings is 2. The van der Waals surface area contributed by atoms with E-state index in [4.69, 9.17) is 32.7 Å². The molecule has 4 rings (SSSR count). The third-order valence-corrected chi connectivity index (χ3v) is 8.55. The molecule has 5 nitrogen and oxygen atoms in total. The Morgan fingerprint density at radius 1 is 1.20 bits per heavy atom. The molecule has 0 bridgehead atoms. The first-order valence-electron chi connectivity index (χ1n) is 12.1. The Labute approximate surface area is 218 Å². The first-order chi connectivity index (χ1) is 16.8. The fourth-order valence-corrected chi connectivity index (χ4v) is 6.41. The average Bonchev–Trinajstić information content (AvgIpc) is 2.86. The summed E-state index contributed by atoms with van der Waals surface area (Å²) in [6.45, 7) is 6.54. The molecular formula is C28H34Cl2N2O3. The van der Waals surface area contributed by atoms with Gasteiger partial charge in [-0.2, -0.15) is 0 Å². The normalized spacial score (nSPS) is 26.6. The van der Waals surface area contributed by atoms with Crippen LogP contribution in [0.25, 0.3) is 0 Å². The second-order valence-electron chi connectivity index (χ2n) is 9.72. The molecule has 1 saturated carbocycles. The van der Waals surface area contributed by atoms with Crippen molar-refractivity contribution < 1.29 is 14.3 Å². The molecule has 1 amide bonds. The summed E-state index contributed by atoms with van der Waals surface area (Å²) in [5.41, 5.74) is 1.46. The Kier molecular flexibility index (Phi) is 8.12. The van der Waals surface area contributed by atoms with Crippen molar-refractivity contribution in [3.05, 3.63) is 76.3 Å². The first-order valence-corrected chi connectivity index (χ1v) is 12.9. The lowest BCUT2D eigenvalue weighted by Gasteiger charge is -2.59. The van der Waals surface area contributed by atoms with Crippen LogP contribution in [0.3, 0.4) is 0 Å². The number of rotatable bonds is 8. The SMILES string of the molecule is C=CCN1CCC2(c3cccc(OC)c3)C[C@@H](NC(=O)Cc3ccc(Cl)c(Cl)c3)CCC2(OC)C1. The fraction of sp³-hybridized carbons (Fsp3) is 0.464. The third kappa shape index (κ3) is 5.24. The van der Waals surface area contributed by atoms with E-state index in [0.717, 1.165) is 56.6 Å². The van der Waals surface area contributed by atoms with E-state index in [-0.39, 0.29) is 29.4 Å². The lowest BCUT2D eigenvalue weighted by Crippen LogP contribution is -2.68. The van der Waals surface area contributed by atoms with Crippen LogP contribution in [-0.4, -0.2) is 56.3 Å². The van der Waals surface area contributed by atoms with Crippen LogP contribution in [0.15, 0.2) is 55.1 Å². The Bertz CT molecular complexity index is 1080. The highest BCUT2D eigenvalue weighted by Crippen LogP contribution is 2.53. The molecule has 1 aliphatic heterocycles. The van der Waals surface area contributed by atoms with E-state index in [9.17, 15) is 4.79 Å². The number of carbonyl (C=O) groups excluding carboxylic acids is 1. The molecule has 3 atom stereocenters. The minimum absolute atomic E-state index is 0.0109. The maximum Gasteiger partial charge on any atom is 0.224 e. The summed E-state index contributed by atoms with van der Waals surface area (Å²) in [5.74, 6) is 0.823. The molecule has 1 saturated heterocycles. The predicted molar refractivity (Wildman–Crippen MR) is 142 cm³/mol. The molecule has 1 heterocycles. The van der Waals surface area contributed by atoms with Crippen molar-refractivity contribution in [2.75, 3.05) is 33.9 Å². The quantitative estimate of drug-likeness (QED) is 0.475. The molecule has 0 radical (unpaired) electrons. The van der Waals surface area contributed by atoms with Gasteiger partial charge >= 0.3 is 0 Å². The van der Waals surface area contributed by atoms with Gasteiger partial charge in [0.1, 0.15) is 5.75 Å². The van der Waals surface area contributed by atoms with Gasteiger partial charge in [-0.25, -0.2) is 0 Å². The minimum Gasteiger partial charge on any atom is -0.497 e. The van der Waals surface area contributed by atoms with Gasteiger partial charge < -0.3 is 14.8 Å². The highest BCUT2D eigenvalue weighted by Gasteiger charge is 2.58. The van der Waals surface area contributed by atoms with Gasteiger partial charge in [-0.1, -0.05) is 47.5 Å². The zero-order valence-corrected chi connectivity index (χ0v) is 22.0. The van der Waals surface area contributed by atoms with E-state index in [1.807, 2.05) is 31.4 Å². The Morgan fingerprint density at radius 2 is 2.03 bits per heavy atom. The molecule has 1 N–H and O–H groups in total. The molecule has 2 fully saturated rings. The predicted octanol–water partition coefficient (Wildman–Crippen LogP) is 5.43. The van der Waals surface area contributed by atoms with Crippen LogP contribution in [0.5, 0.6) is 5.75 Å². The third-order valence-electron chi connectivity index (χ3n) is 7.81. The van der Waals surface area contributed by atoms with Crippen LogP contribution in [0, 0.1) is 0 Å². The minimum atomic E-state index is -0.356. The highest BCUT2D eigenvalue weighted by atomic mass is 35.5. The summed E-state index contributed by atoms with van der Waals surface area (Å²) in [4.78, 5) is 15.4. The molecule has 2 aliphatic rings. The van der Waals surface area contributed by atoms with Gasteiger partial charge in [-0.15, -0.1) is 6.58 Å². The van der Waals surface area contributed by atoms with Gasteiger partial charge in [-0.3, -0.25) is 9.69 Å².